The Bertz CT molecular complexity index is 670. The standard InChI is InChI=1S/C15H17N3O3S/c1-2-11-7-13(18-17-11)15(21)16-12-5-3-4-10(6-12)8-22-9-14(19)20/h3-7H,2,8-9H2,1H3,(H,16,21)(H,17,18)(H,19,20). The van der Waals surface area contributed by atoms with Crippen LogP contribution in [-0.4, -0.2) is 32.9 Å². The predicted octanol–water partition coefficient (Wildman–Crippen LogP) is 2.54. The summed E-state index contributed by atoms with van der Waals surface area (Å²) in [4.78, 5) is 22.6. The van der Waals surface area contributed by atoms with Gasteiger partial charge >= 0.3 is 5.97 Å². The summed E-state index contributed by atoms with van der Waals surface area (Å²) in [6.45, 7) is 1.98. The first-order chi connectivity index (χ1) is 10.6. The Morgan fingerprint density at radius 1 is 1.36 bits per heavy atom. The van der Waals surface area contributed by atoms with E-state index in [0.29, 0.717) is 17.1 Å². The monoisotopic (exact) mass is 319 g/mol. The molecule has 0 aliphatic heterocycles. The van der Waals surface area contributed by atoms with Gasteiger partial charge in [0.05, 0.1) is 5.75 Å². The lowest BCUT2D eigenvalue weighted by molar-refractivity contribution is -0.133. The molecule has 2 rings (SSSR count). The molecule has 116 valence electrons. The van der Waals surface area contributed by atoms with Crippen LogP contribution in [0, 0.1) is 0 Å². The van der Waals surface area contributed by atoms with Gasteiger partial charge in [-0.1, -0.05) is 19.1 Å². The van der Waals surface area contributed by atoms with Crippen molar-refractivity contribution in [2.75, 3.05) is 11.1 Å². The fraction of sp³-hybridized carbons (Fsp3) is 0.267. The molecule has 2 aromatic rings. The number of carbonyl (C=O) groups excluding carboxylic acids is 1. The highest BCUT2D eigenvalue weighted by Gasteiger charge is 2.10. The van der Waals surface area contributed by atoms with Gasteiger partial charge in [-0.05, 0) is 30.2 Å². The average Bonchev–Trinajstić information content (AvgIpc) is 2.96. The summed E-state index contributed by atoms with van der Waals surface area (Å²) in [6, 6.07) is 9.07. The van der Waals surface area contributed by atoms with Crippen molar-refractivity contribution in [3.05, 3.63) is 47.3 Å². The summed E-state index contributed by atoms with van der Waals surface area (Å²) in [5, 5.41) is 18.2. The second-order valence-electron chi connectivity index (χ2n) is 4.67. The van der Waals surface area contributed by atoms with Crippen LogP contribution in [0.5, 0.6) is 0 Å². The van der Waals surface area contributed by atoms with Crippen molar-refractivity contribution < 1.29 is 14.7 Å². The fourth-order valence-electron chi connectivity index (χ4n) is 1.85. The van der Waals surface area contributed by atoms with E-state index in [-0.39, 0.29) is 11.7 Å². The molecule has 0 saturated carbocycles. The Labute approximate surface area is 132 Å². The maximum atomic E-state index is 12.1. The lowest BCUT2D eigenvalue weighted by atomic mass is 10.2. The summed E-state index contributed by atoms with van der Waals surface area (Å²) in [5.41, 5.74) is 2.88. The van der Waals surface area contributed by atoms with Crippen molar-refractivity contribution in [2.24, 2.45) is 0 Å². The van der Waals surface area contributed by atoms with Crippen LogP contribution in [0.3, 0.4) is 0 Å². The minimum absolute atomic E-state index is 0.0592. The first kappa shape index (κ1) is 16.1. The van der Waals surface area contributed by atoms with Gasteiger partial charge in [-0.25, -0.2) is 0 Å². The summed E-state index contributed by atoms with van der Waals surface area (Å²) in [7, 11) is 0. The maximum Gasteiger partial charge on any atom is 0.313 e. The van der Waals surface area contributed by atoms with Gasteiger partial charge in [-0.2, -0.15) is 5.10 Å². The number of amides is 1. The number of aromatic nitrogens is 2. The number of H-pyrrole nitrogens is 1. The summed E-state index contributed by atoms with van der Waals surface area (Å²) in [6.07, 6.45) is 0.788. The van der Waals surface area contributed by atoms with Crippen molar-refractivity contribution in [1.82, 2.24) is 10.2 Å². The highest BCUT2D eigenvalue weighted by Crippen LogP contribution is 2.17. The number of rotatable bonds is 7. The van der Waals surface area contributed by atoms with E-state index in [0.717, 1.165) is 17.7 Å². The molecule has 7 heteroatoms. The Hall–Kier alpha value is -2.28. The molecule has 3 N–H and O–H groups in total. The predicted molar refractivity (Wildman–Crippen MR) is 86.2 cm³/mol. The first-order valence-corrected chi connectivity index (χ1v) is 7.98. The van der Waals surface area contributed by atoms with E-state index in [1.54, 1.807) is 12.1 Å². The van der Waals surface area contributed by atoms with Crippen LogP contribution in [0.1, 0.15) is 28.7 Å². The molecule has 0 aliphatic carbocycles. The van der Waals surface area contributed by atoms with Crippen LogP contribution in [-0.2, 0) is 17.0 Å². The zero-order valence-electron chi connectivity index (χ0n) is 12.1. The number of hydrogen-bond acceptors (Lipinski definition) is 4. The fourth-order valence-corrected chi connectivity index (χ4v) is 2.54. The Balaban J connectivity index is 1.97. The van der Waals surface area contributed by atoms with Crippen LogP contribution in [0.4, 0.5) is 5.69 Å². The molecule has 22 heavy (non-hydrogen) atoms. The highest BCUT2D eigenvalue weighted by atomic mass is 32.2. The van der Waals surface area contributed by atoms with E-state index in [1.165, 1.54) is 11.8 Å². The van der Waals surface area contributed by atoms with Crippen LogP contribution >= 0.6 is 11.8 Å². The molecule has 0 aliphatic rings. The SMILES string of the molecule is CCc1cc(C(=O)Nc2cccc(CSCC(=O)O)c2)n[nH]1. The number of carboxylic acid groups (broad SMARTS) is 1. The topological polar surface area (TPSA) is 95.1 Å². The largest absolute Gasteiger partial charge is 0.481 e. The van der Waals surface area contributed by atoms with Crippen molar-refractivity contribution in [2.45, 2.75) is 19.1 Å². The van der Waals surface area contributed by atoms with Crippen LogP contribution < -0.4 is 5.32 Å². The number of aromatic amines is 1. The Kier molecular flexibility index (Phi) is 5.60. The van der Waals surface area contributed by atoms with Gasteiger partial charge in [0.15, 0.2) is 5.69 Å². The average molecular weight is 319 g/mol. The van der Waals surface area contributed by atoms with Gasteiger partial charge in [0, 0.05) is 17.1 Å². The number of benzene rings is 1. The highest BCUT2D eigenvalue weighted by molar-refractivity contribution is 7.99. The van der Waals surface area contributed by atoms with E-state index >= 15 is 0 Å². The van der Waals surface area contributed by atoms with Crippen LogP contribution in [0.25, 0.3) is 0 Å². The number of anilines is 1. The van der Waals surface area contributed by atoms with Crippen molar-refractivity contribution >= 4 is 29.3 Å². The molecule has 0 radical (unpaired) electrons. The van der Waals surface area contributed by atoms with Crippen molar-refractivity contribution in [1.29, 1.82) is 0 Å². The van der Waals surface area contributed by atoms with Crippen LogP contribution in [0.2, 0.25) is 0 Å². The third-order valence-corrected chi connectivity index (χ3v) is 3.91. The molecule has 0 unspecified atom stereocenters. The Morgan fingerprint density at radius 2 is 2.18 bits per heavy atom. The zero-order valence-corrected chi connectivity index (χ0v) is 12.9. The van der Waals surface area contributed by atoms with Gasteiger partial charge in [-0.3, -0.25) is 14.7 Å². The van der Waals surface area contributed by atoms with Gasteiger partial charge < -0.3 is 10.4 Å². The zero-order chi connectivity index (χ0) is 15.9. The number of carboxylic acids is 1. The lowest BCUT2D eigenvalue weighted by Crippen LogP contribution is -2.12. The Morgan fingerprint density at radius 3 is 2.86 bits per heavy atom. The van der Waals surface area contributed by atoms with Gasteiger partial charge in [0.1, 0.15) is 0 Å². The number of thioether (sulfide) groups is 1. The van der Waals surface area contributed by atoms with Gasteiger partial charge in [0.25, 0.3) is 5.91 Å². The summed E-state index contributed by atoms with van der Waals surface area (Å²) >= 11 is 1.32. The van der Waals surface area contributed by atoms with E-state index in [4.69, 9.17) is 5.11 Å². The molecular weight excluding hydrogens is 302 g/mol. The van der Waals surface area contributed by atoms with E-state index in [2.05, 4.69) is 15.5 Å². The molecule has 1 heterocycles. The second-order valence-corrected chi connectivity index (χ2v) is 5.66. The lowest BCUT2D eigenvalue weighted by Gasteiger charge is -2.06. The molecule has 0 saturated heterocycles. The molecule has 1 amide bonds. The normalized spacial score (nSPS) is 10.4. The van der Waals surface area contributed by atoms with Crippen LogP contribution in [0.15, 0.2) is 30.3 Å². The minimum Gasteiger partial charge on any atom is -0.481 e. The molecule has 1 aromatic heterocycles. The summed E-state index contributed by atoms with van der Waals surface area (Å²) < 4.78 is 0. The number of carbonyl (C=O) groups is 2. The first-order valence-electron chi connectivity index (χ1n) is 6.82. The smallest absolute Gasteiger partial charge is 0.313 e. The molecule has 0 fully saturated rings. The minimum atomic E-state index is -0.834. The van der Waals surface area contributed by atoms with Crippen molar-refractivity contribution in [3.8, 4) is 0 Å². The quantitative estimate of drug-likeness (QED) is 0.729. The number of nitrogens with one attached hydrogen (secondary N) is 2. The van der Waals surface area contributed by atoms with Crippen molar-refractivity contribution in [3.63, 3.8) is 0 Å². The van der Waals surface area contributed by atoms with Gasteiger partial charge in [-0.15, -0.1) is 11.8 Å². The molecule has 6 nitrogen and oxygen atoms in total. The molecule has 0 atom stereocenters. The molecular formula is C15H17N3O3S. The molecule has 0 bridgehead atoms. The van der Waals surface area contributed by atoms with Gasteiger partial charge in [0.2, 0.25) is 0 Å². The molecule has 1 aromatic carbocycles. The van der Waals surface area contributed by atoms with E-state index in [1.807, 2.05) is 25.1 Å². The maximum absolute atomic E-state index is 12.1. The summed E-state index contributed by atoms with van der Waals surface area (Å²) in [5.74, 6) is -0.465. The van der Waals surface area contributed by atoms with E-state index < -0.39 is 5.97 Å². The molecule has 0 spiro atoms. The number of aryl methyl sites for hydroxylation is 1. The second kappa shape index (κ2) is 7.65. The third-order valence-electron chi connectivity index (χ3n) is 2.92. The van der Waals surface area contributed by atoms with E-state index in [9.17, 15) is 9.59 Å². The number of aliphatic carboxylic acids is 1. The third kappa shape index (κ3) is 4.63. The number of nitrogens with zero attached hydrogens (tertiary/aromatic N) is 1. The number of hydrogen-bond donors (Lipinski definition) is 3.